The number of carbonyl (C=O) groups excluding carboxylic acids is 1. The fourth-order valence-corrected chi connectivity index (χ4v) is 5.02. The highest BCUT2D eigenvalue weighted by atomic mass is 16.5. The molecular weight excluding hydrogens is 398 g/mol. The molecule has 2 aromatic carbocycles. The summed E-state index contributed by atoms with van der Waals surface area (Å²) < 4.78 is 6.33. The minimum absolute atomic E-state index is 0.0792. The molecule has 2 saturated heterocycles. The van der Waals surface area contributed by atoms with Gasteiger partial charge in [-0.25, -0.2) is 0 Å². The van der Waals surface area contributed by atoms with Gasteiger partial charge in [-0.15, -0.1) is 0 Å². The fraction of sp³-hybridized carbons (Fsp3) is 0.333. The second-order valence-electron chi connectivity index (χ2n) is 8.91. The van der Waals surface area contributed by atoms with Crippen LogP contribution in [-0.4, -0.2) is 41.0 Å². The maximum atomic E-state index is 12.6. The normalized spacial score (nSPS) is 22.5. The Morgan fingerprint density at radius 3 is 2.41 bits per heavy atom. The third-order valence-electron chi connectivity index (χ3n) is 6.87. The second kappa shape index (κ2) is 9.13. The summed E-state index contributed by atoms with van der Waals surface area (Å²) in [5.41, 5.74) is 3.84. The van der Waals surface area contributed by atoms with E-state index in [1.54, 1.807) is 12.4 Å². The zero-order valence-corrected chi connectivity index (χ0v) is 18.4. The Kier molecular flexibility index (Phi) is 5.91. The van der Waals surface area contributed by atoms with Gasteiger partial charge < -0.3 is 15.0 Å². The summed E-state index contributed by atoms with van der Waals surface area (Å²) in [7, 11) is 2.24. The lowest BCUT2D eigenvalue weighted by molar-refractivity contribution is 0.0661. The van der Waals surface area contributed by atoms with E-state index in [2.05, 4.69) is 22.2 Å². The van der Waals surface area contributed by atoms with Gasteiger partial charge in [0.2, 0.25) is 0 Å². The maximum absolute atomic E-state index is 12.6. The van der Waals surface area contributed by atoms with E-state index >= 15 is 0 Å². The standard InChI is InChI=1S/C27H29N3O2/c1-30-23-9-10-24(30)17-26(16-23)32-25-4-2-3-19(15-25)18-29-27(31)22-7-5-20(6-8-22)21-11-13-28-14-12-21/h2-8,11-15,23-24,26H,9-10,16-18H2,1H3,(H,29,31)/t23-,24+,26-. The molecule has 2 aliphatic heterocycles. The quantitative estimate of drug-likeness (QED) is 0.621. The predicted octanol–water partition coefficient (Wildman–Crippen LogP) is 4.68. The molecule has 1 N–H and O–H groups in total. The molecule has 5 rings (SSSR count). The molecule has 164 valence electrons. The van der Waals surface area contributed by atoms with Crippen LogP contribution >= 0.6 is 0 Å². The van der Waals surface area contributed by atoms with E-state index in [9.17, 15) is 4.79 Å². The van der Waals surface area contributed by atoms with Crippen LogP contribution in [0.4, 0.5) is 0 Å². The van der Waals surface area contributed by atoms with Gasteiger partial charge in [-0.1, -0.05) is 24.3 Å². The van der Waals surface area contributed by atoms with Crippen LogP contribution in [0.25, 0.3) is 11.1 Å². The molecule has 3 atom stereocenters. The van der Waals surface area contributed by atoms with Crippen LogP contribution in [-0.2, 0) is 6.54 Å². The SMILES string of the molecule is CN1[C@@H]2CC[C@H]1C[C@H](Oc1cccc(CNC(=O)c3ccc(-c4ccncc4)cc3)c1)C2. The molecule has 2 bridgehead atoms. The summed E-state index contributed by atoms with van der Waals surface area (Å²) in [6.45, 7) is 0.473. The van der Waals surface area contributed by atoms with Gasteiger partial charge in [0.15, 0.2) is 0 Å². The summed E-state index contributed by atoms with van der Waals surface area (Å²) in [6.07, 6.45) is 8.60. The summed E-state index contributed by atoms with van der Waals surface area (Å²) in [6, 6.07) is 21.0. The smallest absolute Gasteiger partial charge is 0.251 e. The maximum Gasteiger partial charge on any atom is 0.251 e. The van der Waals surface area contributed by atoms with Crippen molar-refractivity contribution in [2.45, 2.75) is 50.4 Å². The number of hydrogen-bond donors (Lipinski definition) is 1. The van der Waals surface area contributed by atoms with Crippen molar-refractivity contribution in [1.82, 2.24) is 15.2 Å². The monoisotopic (exact) mass is 427 g/mol. The Bertz CT molecular complexity index is 1050. The van der Waals surface area contributed by atoms with E-state index in [1.807, 2.05) is 60.7 Å². The number of carbonyl (C=O) groups is 1. The van der Waals surface area contributed by atoms with Crippen molar-refractivity contribution in [3.05, 3.63) is 84.2 Å². The number of pyridine rings is 1. The van der Waals surface area contributed by atoms with Crippen molar-refractivity contribution in [2.75, 3.05) is 7.05 Å². The van der Waals surface area contributed by atoms with Crippen LogP contribution in [0.15, 0.2) is 73.1 Å². The molecule has 5 nitrogen and oxygen atoms in total. The Morgan fingerprint density at radius 2 is 1.69 bits per heavy atom. The number of benzene rings is 2. The Morgan fingerprint density at radius 1 is 1.00 bits per heavy atom. The number of ether oxygens (including phenoxy) is 1. The van der Waals surface area contributed by atoms with Gasteiger partial charge in [0.1, 0.15) is 11.9 Å². The molecule has 0 aliphatic carbocycles. The lowest BCUT2D eigenvalue weighted by atomic mass is 10.0. The van der Waals surface area contributed by atoms with E-state index in [1.165, 1.54) is 12.8 Å². The van der Waals surface area contributed by atoms with E-state index in [0.717, 1.165) is 35.3 Å². The molecule has 2 aliphatic rings. The van der Waals surface area contributed by atoms with Gasteiger partial charge in [0.25, 0.3) is 5.91 Å². The number of piperidine rings is 1. The molecule has 2 fully saturated rings. The zero-order valence-electron chi connectivity index (χ0n) is 18.4. The number of rotatable bonds is 6. The molecule has 5 heteroatoms. The molecular formula is C27H29N3O2. The first-order valence-corrected chi connectivity index (χ1v) is 11.4. The van der Waals surface area contributed by atoms with Crippen molar-refractivity contribution < 1.29 is 9.53 Å². The Labute approximate surface area is 189 Å². The first kappa shape index (κ1) is 20.7. The van der Waals surface area contributed by atoms with Gasteiger partial charge in [-0.2, -0.15) is 0 Å². The van der Waals surface area contributed by atoms with Gasteiger partial charge in [0.05, 0.1) is 0 Å². The molecule has 0 unspecified atom stereocenters. The molecule has 0 radical (unpaired) electrons. The first-order chi connectivity index (χ1) is 15.7. The summed E-state index contributed by atoms with van der Waals surface area (Å²) in [5.74, 6) is 0.817. The minimum Gasteiger partial charge on any atom is -0.490 e. The van der Waals surface area contributed by atoms with Crippen LogP contribution in [0.2, 0.25) is 0 Å². The number of nitrogens with zero attached hydrogens (tertiary/aromatic N) is 2. The van der Waals surface area contributed by atoms with E-state index in [4.69, 9.17) is 4.74 Å². The van der Waals surface area contributed by atoms with Gasteiger partial charge in [0, 0.05) is 36.6 Å². The molecule has 3 aromatic rings. The molecule has 32 heavy (non-hydrogen) atoms. The van der Waals surface area contributed by atoms with Crippen LogP contribution < -0.4 is 10.1 Å². The van der Waals surface area contributed by atoms with E-state index in [-0.39, 0.29) is 12.0 Å². The summed E-state index contributed by atoms with van der Waals surface area (Å²) in [5, 5.41) is 3.02. The van der Waals surface area contributed by atoms with Crippen LogP contribution in [0, 0.1) is 0 Å². The lowest BCUT2D eigenvalue weighted by Crippen LogP contribution is -2.43. The summed E-state index contributed by atoms with van der Waals surface area (Å²) >= 11 is 0. The van der Waals surface area contributed by atoms with Crippen molar-refractivity contribution in [1.29, 1.82) is 0 Å². The number of hydrogen-bond acceptors (Lipinski definition) is 4. The van der Waals surface area contributed by atoms with Crippen molar-refractivity contribution >= 4 is 5.91 Å². The molecule has 0 spiro atoms. The fourth-order valence-electron chi connectivity index (χ4n) is 5.02. The number of fused-ring (bicyclic) bond motifs is 2. The third-order valence-corrected chi connectivity index (χ3v) is 6.87. The highest BCUT2D eigenvalue weighted by Gasteiger charge is 2.39. The van der Waals surface area contributed by atoms with Gasteiger partial charge in [-0.05, 0) is 85.8 Å². The average Bonchev–Trinajstić information content (AvgIpc) is 3.04. The van der Waals surface area contributed by atoms with Crippen LogP contribution in [0.1, 0.15) is 41.6 Å². The Balaban J connectivity index is 1.17. The molecule has 0 saturated carbocycles. The lowest BCUT2D eigenvalue weighted by Gasteiger charge is -2.36. The zero-order chi connectivity index (χ0) is 21.9. The van der Waals surface area contributed by atoms with Crippen molar-refractivity contribution in [3.8, 4) is 16.9 Å². The third kappa shape index (κ3) is 4.53. The van der Waals surface area contributed by atoms with E-state index < -0.39 is 0 Å². The van der Waals surface area contributed by atoms with Crippen molar-refractivity contribution in [2.24, 2.45) is 0 Å². The first-order valence-electron chi connectivity index (χ1n) is 11.4. The molecule has 1 aromatic heterocycles. The molecule has 3 heterocycles. The summed E-state index contributed by atoms with van der Waals surface area (Å²) in [4.78, 5) is 19.2. The number of amides is 1. The number of nitrogens with one attached hydrogen (secondary N) is 1. The van der Waals surface area contributed by atoms with Gasteiger partial charge in [-0.3, -0.25) is 9.78 Å². The van der Waals surface area contributed by atoms with Gasteiger partial charge >= 0.3 is 0 Å². The average molecular weight is 428 g/mol. The highest BCUT2D eigenvalue weighted by molar-refractivity contribution is 5.94. The van der Waals surface area contributed by atoms with E-state index in [0.29, 0.717) is 24.2 Å². The van der Waals surface area contributed by atoms with Crippen molar-refractivity contribution in [3.63, 3.8) is 0 Å². The topological polar surface area (TPSA) is 54.5 Å². The van der Waals surface area contributed by atoms with Crippen LogP contribution in [0.5, 0.6) is 5.75 Å². The largest absolute Gasteiger partial charge is 0.490 e. The number of aromatic nitrogens is 1. The van der Waals surface area contributed by atoms with Crippen LogP contribution in [0.3, 0.4) is 0 Å². The molecule has 1 amide bonds. The minimum atomic E-state index is -0.0792. The Hall–Kier alpha value is -3.18. The highest BCUT2D eigenvalue weighted by Crippen LogP contribution is 2.36. The second-order valence-corrected chi connectivity index (χ2v) is 8.91. The predicted molar refractivity (Wildman–Crippen MR) is 126 cm³/mol.